The van der Waals surface area contributed by atoms with Crippen molar-refractivity contribution in [3.05, 3.63) is 60.0 Å². The van der Waals surface area contributed by atoms with Crippen molar-refractivity contribution < 1.29 is 31.5 Å². The summed E-state index contributed by atoms with van der Waals surface area (Å²) in [6.45, 7) is 1.36. The molecule has 1 heterocycles. The minimum atomic E-state index is -3.91. The van der Waals surface area contributed by atoms with E-state index in [1.807, 2.05) is 0 Å². The quantitative estimate of drug-likeness (QED) is 0.669. The topological polar surface area (TPSA) is 123 Å². The summed E-state index contributed by atoms with van der Waals surface area (Å²) in [6.07, 6.45) is 0. The van der Waals surface area contributed by atoms with Gasteiger partial charge in [0, 0.05) is 11.1 Å². The molecule has 10 heteroatoms. The van der Waals surface area contributed by atoms with Crippen LogP contribution in [-0.4, -0.2) is 24.5 Å². The highest BCUT2D eigenvalue weighted by Crippen LogP contribution is 2.35. The van der Waals surface area contributed by atoms with Gasteiger partial charge in [-0.1, -0.05) is 12.1 Å². The molecule has 28 heavy (non-hydrogen) atoms. The Kier molecular flexibility index (Phi) is 5.01. The van der Waals surface area contributed by atoms with E-state index in [2.05, 4.69) is 4.98 Å². The van der Waals surface area contributed by atoms with E-state index in [9.17, 15) is 27.1 Å². The lowest BCUT2D eigenvalue weighted by Crippen LogP contribution is -2.11. The molecule has 0 aliphatic heterocycles. The third-order valence-corrected chi connectivity index (χ3v) is 4.95. The normalized spacial score (nSPS) is 12.7. The van der Waals surface area contributed by atoms with Gasteiger partial charge in [-0.2, -0.15) is 0 Å². The molecule has 2 aromatic carbocycles. The van der Waals surface area contributed by atoms with Gasteiger partial charge >= 0.3 is 5.97 Å². The zero-order valence-electron chi connectivity index (χ0n) is 14.4. The third kappa shape index (κ3) is 3.78. The van der Waals surface area contributed by atoms with Crippen molar-refractivity contribution in [1.29, 1.82) is 0 Å². The van der Waals surface area contributed by atoms with E-state index >= 15 is 0 Å². The number of hydrogen-bond donors (Lipinski definition) is 2. The van der Waals surface area contributed by atoms with Crippen LogP contribution in [0.3, 0.4) is 0 Å². The Morgan fingerprint density at radius 1 is 1.11 bits per heavy atom. The highest BCUT2D eigenvalue weighted by atomic mass is 32.2. The maximum atomic E-state index is 13.7. The van der Waals surface area contributed by atoms with Gasteiger partial charge < -0.3 is 9.52 Å². The molecular formula is C18H14F2N2O5S. The molecule has 0 saturated heterocycles. The Balaban J connectivity index is 2.18. The molecule has 0 aliphatic carbocycles. The molecule has 1 atom stereocenters. The van der Waals surface area contributed by atoms with E-state index in [-0.39, 0.29) is 27.8 Å². The number of halogens is 2. The molecule has 0 bridgehead atoms. The van der Waals surface area contributed by atoms with Gasteiger partial charge in [-0.05, 0) is 37.3 Å². The van der Waals surface area contributed by atoms with Crippen molar-refractivity contribution in [2.45, 2.75) is 17.7 Å². The number of sulfonamides is 1. The van der Waals surface area contributed by atoms with Crippen molar-refractivity contribution in [1.82, 2.24) is 4.98 Å². The first kappa shape index (κ1) is 19.6. The first-order valence-corrected chi connectivity index (χ1v) is 9.44. The van der Waals surface area contributed by atoms with E-state index in [4.69, 9.17) is 9.56 Å². The van der Waals surface area contributed by atoms with E-state index in [1.54, 1.807) is 0 Å². The lowest BCUT2D eigenvalue weighted by Gasteiger charge is -2.04. The van der Waals surface area contributed by atoms with Crippen molar-refractivity contribution in [3.63, 3.8) is 0 Å². The summed E-state index contributed by atoms with van der Waals surface area (Å²) in [5.74, 6) is -4.57. The number of nitrogens with zero attached hydrogens (tertiary/aromatic N) is 1. The Bertz CT molecular complexity index is 1160. The summed E-state index contributed by atoms with van der Waals surface area (Å²) in [5.41, 5.74) is 0.663. The molecule has 0 fully saturated rings. The van der Waals surface area contributed by atoms with Gasteiger partial charge in [-0.25, -0.2) is 27.3 Å². The van der Waals surface area contributed by atoms with Crippen LogP contribution < -0.4 is 5.14 Å². The number of nitrogens with two attached hydrogens (primary N) is 1. The Morgan fingerprint density at radius 3 is 2.25 bits per heavy atom. The van der Waals surface area contributed by atoms with Gasteiger partial charge in [-0.3, -0.25) is 4.79 Å². The van der Waals surface area contributed by atoms with Crippen LogP contribution in [0.2, 0.25) is 0 Å². The monoisotopic (exact) mass is 408 g/mol. The molecule has 0 amide bonds. The maximum absolute atomic E-state index is 13.7. The number of rotatable bonds is 5. The molecule has 0 radical (unpaired) electrons. The van der Waals surface area contributed by atoms with Crippen LogP contribution in [0.4, 0.5) is 8.78 Å². The molecule has 3 aromatic rings. The second-order valence-corrected chi connectivity index (χ2v) is 7.55. The van der Waals surface area contributed by atoms with Crippen LogP contribution in [0.5, 0.6) is 0 Å². The van der Waals surface area contributed by atoms with Crippen LogP contribution >= 0.6 is 0 Å². The van der Waals surface area contributed by atoms with Crippen LogP contribution in [-0.2, 0) is 14.8 Å². The summed E-state index contributed by atoms with van der Waals surface area (Å²) in [6, 6.07) is 8.35. The number of carbonyl (C=O) groups is 1. The fourth-order valence-electron chi connectivity index (χ4n) is 2.46. The zero-order chi connectivity index (χ0) is 20.6. The lowest BCUT2D eigenvalue weighted by atomic mass is 10.1. The summed E-state index contributed by atoms with van der Waals surface area (Å²) < 4.78 is 55.3. The van der Waals surface area contributed by atoms with Crippen molar-refractivity contribution in [2.75, 3.05) is 0 Å². The minimum absolute atomic E-state index is 0.0188. The highest BCUT2D eigenvalue weighted by molar-refractivity contribution is 7.89. The van der Waals surface area contributed by atoms with Crippen LogP contribution in [0, 0.1) is 11.6 Å². The average molecular weight is 408 g/mol. The molecule has 0 saturated carbocycles. The second kappa shape index (κ2) is 7.13. The van der Waals surface area contributed by atoms with Gasteiger partial charge in [-0.15, -0.1) is 0 Å². The van der Waals surface area contributed by atoms with Gasteiger partial charge in [0.2, 0.25) is 15.9 Å². The summed E-state index contributed by atoms with van der Waals surface area (Å²) in [4.78, 5) is 15.3. The molecule has 3 rings (SSSR count). The zero-order valence-corrected chi connectivity index (χ0v) is 15.2. The first-order valence-electron chi connectivity index (χ1n) is 7.90. The van der Waals surface area contributed by atoms with Crippen LogP contribution in [0.15, 0.2) is 51.8 Å². The molecule has 0 aliphatic rings. The van der Waals surface area contributed by atoms with Crippen LogP contribution in [0.25, 0.3) is 22.6 Å². The predicted octanol–water partition coefficient (Wildman–Crippen LogP) is 3.12. The number of aromatic nitrogens is 1. The Morgan fingerprint density at radius 2 is 1.71 bits per heavy atom. The number of aliphatic carboxylic acids is 1. The van der Waals surface area contributed by atoms with Gasteiger partial charge in [0.05, 0.1) is 4.90 Å². The highest BCUT2D eigenvalue weighted by Gasteiger charge is 2.25. The van der Waals surface area contributed by atoms with E-state index in [0.717, 1.165) is 12.1 Å². The number of carboxylic acid groups (broad SMARTS) is 1. The lowest BCUT2D eigenvalue weighted by molar-refractivity contribution is -0.138. The number of benzene rings is 2. The Hall–Kier alpha value is -3.11. The first-order chi connectivity index (χ1) is 13.1. The number of oxazole rings is 1. The fourth-order valence-corrected chi connectivity index (χ4v) is 2.97. The van der Waals surface area contributed by atoms with E-state index < -0.39 is 33.5 Å². The molecule has 146 valence electrons. The van der Waals surface area contributed by atoms with Crippen molar-refractivity contribution in [3.8, 4) is 22.6 Å². The standard InChI is InChI=1S/C18H14F2N2O5S/c1-9(18(23)24)17-22-15(10-2-5-12(6-3-10)28(21,25)26)16(27-17)11-4-7-13(19)14(20)8-11/h2-9H,1H3,(H,23,24)(H2,21,25,26). The maximum Gasteiger partial charge on any atom is 0.315 e. The third-order valence-electron chi connectivity index (χ3n) is 4.02. The summed E-state index contributed by atoms with van der Waals surface area (Å²) in [5, 5.41) is 14.3. The van der Waals surface area contributed by atoms with Crippen molar-refractivity contribution in [2.24, 2.45) is 5.14 Å². The molecule has 7 nitrogen and oxygen atoms in total. The molecule has 1 unspecified atom stereocenters. The SMILES string of the molecule is CC(C(=O)O)c1nc(-c2ccc(S(N)(=O)=O)cc2)c(-c2ccc(F)c(F)c2)o1. The summed E-state index contributed by atoms with van der Waals surface area (Å²) in [7, 11) is -3.91. The molecule has 0 spiro atoms. The van der Waals surface area contributed by atoms with E-state index in [1.165, 1.54) is 37.3 Å². The molecule has 1 aromatic heterocycles. The predicted molar refractivity (Wildman–Crippen MR) is 94.7 cm³/mol. The smallest absolute Gasteiger partial charge is 0.315 e. The van der Waals surface area contributed by atoms with Gasteiger partial charge in [0.1, 0.15) is 11.6 Å². The van der Waals surface area contributed by atoms with E-state index in [0.29, 0.717) is 5.56 Å². The average Bonchev–Trinajstić information content (AvgIpc) is 3.08. The largest absolute Gasteiger partial charge is 0.481 e. The summed E-state index contributed by atoms with van der Waals surface area (Å²) >= 11 is 0. The number of carboxylic acids is 1. The minimum Gasteiger partial charge on any atom is -0.481 e. The van der Waals surface area contributed by atoms with Gasteiger partial charge in [0.25, 0.3) is 0 Å². The fraction of sp³-hybridized carbons (Fsp3) is 0.111. The number of primary sulfonamides is 1. The van der Waals surface area contributed by atoms with Crippen molar-refractivity contribution >= 4 is 16.0 Å². The molecule has 3 N–H and O–H groups in total. The Labute approximate surface area is 158 Å². The van der Waals surface area contributed by atoms with Crippen LogP contribution in [0.1, 0.15) is 18.7 Å². The molecular weight excluding hydrogens is 394 g/mol. The second-order valence-electron chi connectivity index (χ2n) is 5.99. The van der Waals surface area contributed by atoms with Gasteiger partial charge in [0.15, 0.2) is 17.4 Å². The number of hydrogen-bond acceptors (Lipinski definition) is 5.